The number of ether oxygens (including phenoxy) is 2. The summed E-state index contributed by atoms with van der Waals surface area (Å²) >= 11 is 0. The van der Waals surface area contributed by atoms with E-state index in [2.05, 4.69) is 9.47 Å². The molecule has 0 aliphatic rings. The summed E-state index contributed by atoms with van der Waals surface area (Å²) in [5.41, 5.74) is 0. The predicted octanol–water partition coefficient (Wildman–Crippen LogP) is -0.196. The maximum Gasteiger partial charge on any atom is 0.302 e. The Morgan fingerprint density at radius 1 is 1.50 bits per heavy atom. The molecule has 0 amide bonds. The number of aliphatic hydroxyl groups is 1. The van der Waals surface area contributed by atoms with E-state index in [9.17, 15) is 4.79 Å². The first-order valence-corrected chi connectivity index (χ1v) is 2.83. The molecule has 10 heavy (non-hydrogen) atoms. The van der Waals surface area contributed by atoms with Crippen LogP contribution in [-0.4, -0.2) is 38.5 Å². The fourth-order valence-electron chi connectivity index (χ4n) is 0.189. The highest BCUT2D eigenvalue weighted by Crippen LogP contribution is 1.71. The standard InChI is InChI=1S/C4H8O3.C2H6O/c1-4(6)7-3-2-5;1-3-2/h5H,2-3H2,1H3;1-2H3. The zero-order valence-electron chi connectivity index (χ0n) is 6.59. The minimum atomic E-state index is -0.353. The van der Waals surface area contributed by atoms with Crippen LogP contribution in [0, 0.1) is 0 Å². The van der Waals surface area contributed by atoms with E-state index in [0.29, 0.717) is 0 Å². The van der Waals surface area contributed by atoms with E-state index in [0.717, 1.165) is 0 Å². The van der Waals surface area contributed by atoms with Crippen LogP contribution in [0.15, 0.2) is 0 Å². The first-order valence-electron chi connectivity index (χ1n) is 2.83. The monoisotopic (exact) mass is 150 g/mol. The van der Waals surface area contributed by atoms with E-state index in [1.807, 2.05) is 0 Å². The number of esters is 1. The highest BCUT2D eigenvalue weighted by Gasteiger charge is 1.86. The van der Waals surface area contributed by atoms with Crippen molar-refractivity contribution in [3.63, 3.8) is 0 Å². The predicted molar refractivity (Wildman–Crippen MR) is 36.7 cm³/mol. The summed E-state index contributed by atoms with van der Waals surface area (Å²) in [6.07, 6.45) is 0. The molecule has 0 radical (unpaired) electrons. The van der Waals surface area contributed by atoms with E-state index < -0.39 is 0 Å². The Kier molecular flexibility index (Phi) is 13.6. The van der Waals surface area contributed by atoms with Crippen LogP contribution in [0.2, 0.25) is 0 Å². The van der Waals surface area contributed by atoms with Gasteiger partial charge in [-0.25, -0.2) is 0 Å². The summed E-state index contributed by atoms with van der Waals surface area (Å²) in [6.45, 7) is 1.31. The molecule has 0 saturated carbocycles. The number of aliphatic hydroxyl groups excluding tert-OH is 1. The number of methoxy groups -OCH3 is 1. The molecule has 4 heteroatoms. The van der Waals surface area contributed by atoms with Gasteiger partial charge in [0.25, 0.3) is 0 Å². The maximum absolute atomic E-state index is 9.87. The van der Waals surface area contributed by atoms with Crippen molar-refractivity contribution in [2.75, 3.05) is 27.4 Å². The highest BCUT2D eigenvalue weighted by atomic mass is 16.5. The molecule has 0 atom stereocenters. The summed E-state index contributed by atoms with van der Waals surface area (Å²) in [5.74, 6) is -0.353. The van der Waals surface area contributed by atoms with E-state index in [4.69, 9.17) is 5.11 Å². The molecule has 0 bridgehead atoms. The molecular weight excluding hydrogens is 136 g/mol. The van der Waals surface area contributed by atoms with Gasteiger partial charge in [-0.15, -0.1) is 0 Å². The fraction of sp³-hybridized carbons (Fsp3) is 0.833. The lowest BCUT2D eigenvalue weighted by Crippen LogP contribution is -2.03. The molecule has 0 aliphatic heterocycles. The van der Waals surface area contributed by atoms with Gasteiger partial charge >= 0.3 is 5.97 Å². The molecule has 0 aromatic carbocycles. The molecule has 1 N–H and O–H groups in total. The van der Waals surface area contributed by atoms with Crippen molar-refractivity contribution in [2.24, 2.45) is 0 Å². The van der Waals surface area contributed by atoms with E-state index in [-0.39, 0.29) is 19.2 Å². The van der Waals surface area contributed by atoms with Crippen LogP contribution in [0.1, 0.15) is 6.92 Å². The van der Waals surface area contributed by atoms with Gasteiger partial charge in [-0.1, -0.05) is 0 Å². The Morgan fingerprint density at radius 3 is 2.00 bits per heavy atom. The summed E-state index contributed by atoms with van der Waals surface area (Å²) in [4.78, 5) is 9.87. The molecule has 62 valence electrons. The molecule has 0 rings (SSSR count). The van der Waals surface area contributed by atoms with E-state index in [1.165, 1.54) is 6.92 Å². The topological polar surface area (TPSA) is 55.8 Å². The lowest BCUT2D eigenvalue weighted by molar-refractivity contribution is -0.141. The summed E-state index contributed by atoms with van der Waals surface area (Å²) in [6, 6.07) is 0. The smallest absolute Gasteiger partial charge is 0.302 e. The minimum Gasteiger partial charge on any atom is -0.463 e. The Balaban J connectivity index is 0. The summed E-state index contributed by atoms with van der Waals surface area (Å²) in [7, 11) is 3.25. The maximum atomic E-state index is 9.87. The number of hydrogen-bond acceptors (Lipinski definition) is 4. The number of carbonyl (C=O) groups excluding carboxylic acids is 1. The second kappa shape index (κ2) is 11.2. The van der Waals surface area contributed by atoms with Gasteiger partial charge in [0.1, 0.15) is 6.61 Å². The van der Waals surface area contributed by atoms with Crippen molar-refractivity contribution in [1.29, 1.82) is 0 Å². The van der Waals surface area contributed by atoms with Gasteiger partial charge in [-0.3, -0.25) is 4.79 Å². The Bertz CT molecular complexity index is 72.1. The average Bonchev–Trinajstić information content (AvgIpc) is 1.85. The molecule has 0 unspecified atom stereocenters. The molecule has 0 heterocycles. The van der Waals surface area contributed by atoms with E-state index in [1.54, 1.807) is 14.2 Å². The van der Waals surface area contributed by atoms with Crippen LogP contribution in [-0.2, 0) is 14.3 Å². The molecule has 0 aromatic heterocycles. The average molecular weight is 150 g/mol. The Morgan fingerprint density at radius 2 is 1.90 bits per heavy atom. The first kappa shape index (κ1) is 12.1. The molecule has 0 aromatic rings. The quantitative estimate of drug-likeness (QED) is 0.554. The van der Waals surface area contributed by atoms with Crippen LogP contribution < -0.4 is 0 Å². The highest BCUT2D eigenvalue weighted by molar-refractivity contribution is 5.65. The Hall–Kier alpha value is -0.610. The van der Waals surface area contributed by atoms with Gasteiger partial charge in [0, 0.05) is 21.1 Å². The summed E-state index contributed by atoms with van der Waals surface area (Å²) < 4.78 is 8.55. The van der Waals surface area contributed by atoms with Gasteiger partial charge in [0.15, 0.2) is 0 Å². The lowest BCUT2D eigenvalue weighted by atomic mass is 10.7. The van der Waals surface area contributed by atoms with Gasteiger partial charge in [0.2, 0.25) is 0 Å². The number of carbonyl (C=O) groups is 1. The third kappa shape index (κ3) is 26.3. The van der Waals surface area contributed by atoms with Gasteiger partial charge in [0.05, 0.1) is 6.61 Å². The lowest BCUT2D eigenvalue weighted by Gasteiger charge is -1.93. The number of rotatable bonds is 2. The van der Waals surface area contributed by atoms with E-state index >= 15 is 0 Å². The molecular formula is C6H14O4. The largest absolute Gasteiger partial charge is 0.463 e. The zero-order valence-corrected chi connectivity index (χ0v) is 6.59. The normalized spacial score (nSPS) is 7.60. The zero-order chi connectivity index (χ0) is 8.41. The van der Waals surface area contributed by atoms with Crippen LogP contribution in [0.5, 0.6) is 0 Å². The summed E-state index contributed by atoms with van der Waals surface area (Å²) in [5, 5.41) is 8.04. The molecule has 0 fully saturated rings. The van der Waals surface area contributed by atoms with Crippen LogP contribution in [0.25, 0.3) is 0 Å². The van der Waals surface area contributed by atoms with Gasteiger partial charge in [-0.05, 0) is 0 Å². The SMILES string of the molecule is CC(=O)OCCO.COC. The number of hydrogen-bond donors (Lipinski definition) is 1. The second-order valence-corrected chi connectivity index (χ2v) is 1.47. The van der Waals surface area contributed by atoms with Crippen LogP contribution >= 0.6 is 0 Å². The molecule has 4 nitrogen and oxygen atoms in total. The third-order valence-corrected chi connectivity index (χ3v) is 0.397. The van der Waals surface area contributed by atoms with Crippen molar-refractivity contribution >= 4 is 5.97 Å². The van der Waals surface area contributed by atoms with Gasteiger partial charge < -0.3 is 14.6 Å². The second-order valence-electron chi connectivity index (χ2n) is 1.47. The van der Waals surface area contributed by atoms with Crippen LogP contribution in [0.4, 0.5) is 0 Å². The van der Waals surface area contributed by atoms with Gasteiger partial charge in [-0.2, -0.15) is 0 Å². The third-order valence-electron chi connectivity index (χ3n) is 0.397. The first-order chi connectivity index (χ1) is 4.68. The van der Waals surface area contributed by atoms with Crippen LogP contribution in [0.3, 0.4) is 0 Å². The van der Waals surface area contributed by atoms with Crippen molar-refractivity contribution in [2.45, 2.75) is 6.92 Å². The van der Waals surface area contributed by atoms with Crippen molar-refractivity contribution in [1.82, 2.24) is 0 Å². The Labute approximate surface area is 60.8 Å². The molecule has 0 aliphatic carbocycles. The van der Waals surface area contributed by atoms with Crippen molar-refractivity contribution < 1.29 is 19.4 Å². The minimum absolute atomic E-state index is 0.0976. The molecule has 0 saturated heterocycles. The fourth-order valence-corrected chi connectivity index (χ4v) is 0.189. The van der Waals surface area contributed by atoms with Crippen molar-refractivity contribution in [3.8, 4) is 0 Å². The van der Waals surface area contributed by atoms with Crippen molar-refractivity contribution in [3.05, 3.63) is 0 Å². The molecule has 0 spiro atoms.